The fourth-order valence-corrected chi connectivity index (χ4v) is 2.76. The summed E-state index contributed by atoms with van der Waals surface area (Å²) in [7, 11) is 0. The Kier molecular flexibility index (Phi) is 4.22. The molecule has 0 atom stereocenters. The summed E-state index contributed by atoms with van der Waals surface area (Å²) in [6, 6.07) is 10.1. The second-order valence-electron chi connectivity index (χ2n) is 5.64. The van der Waals surface area contributed by atoms with Crippen LogP contribution >= 0.6 is 0 Å². The van der Waals surface area contributed by atoms with Gasteiger partial charge < -0.3 is 4.74 Å². The van der Waals surface area contributed by atoms with Gasteiger partial charge >= 0.3 is 0 Å². The van der Waals surface area contributed by atoms with E-state index in [-0.39, 0.29) is 0 Å². The van der Waals surface area contributed by atoms with Crippen molar-refractivity contribution in [3.63, 3.8) is 0 Å². The predicted octanol–water partition coefficient (Wildman–Crippen LogP) is 2.78. The van der Waals surface area contributed by atoms with Gasteiger partial charge in [-0.2, -0.15) is 10.2 Å². The molecule has 3 aromatic heterocycles. The molecule has 0 aliphatic heterocycles. The molecule has 0 aliphatic rings. The van der Waals surface area contributed by atoms with Crippen molar-refractivity contribution in [2.75, 3.05) is 13.2 Å². The van der Waals surface area contributed by atoms with Gasteiger partial charge in [0, 0.05) is 23.8 Å². The van der Waals surface area contributed by atoms with E-state index in [1.807, 2.05) is 48.3 Å². The number of ether oxygens (including phenoxy) is 1. The molecule has 0 radical (unpaired) electrons. The molecule has 3 heterocycles. The van der Waals surface area contributed by atoms with Crippen LogP contribution in [0.4, 0.5) is 0 Å². The van der Waals surface area contributed by atoms with Crippen molar-refractivity contribution in [2.45, 2.75) is 13.3 Å². The van der Waals surface area contributed by atoms with Crippen LogP contribution in [-0.2, 0) is 11.2 Å². The summed E-state index contributed by atoms with van der Waals surface area (Å²) in [5, 5.41) is 12.3. The second-order valence-corrected chi connectivity index (χ2v) is 5.64. The zero-order valence-corrected chi connectivity index (χ0v) is 13.9. The number of aromatic amines is 1. The van der Waals surface area contributed by atoms with Crippen molar-refractivity contribution < 1.29 is 4.74 Å². The molecule has 4 rings (SSSR count). The monoisotopic (exact) mass is 334 g/mol. The minimum absolute atomic E-state index is 0.705. The van der Waals surface area contributed by atoms with Crippen LogP contribution in [0.5, 0.6) is 0 Å². The minimum atomic E-state index is 0.705. The zero-order chi connectivity index (χ0) is 17.1. The first-order valence-electron chi connectivity index (χ1n) is 8.21. The lowest BCUT2D eigenvalue weighted by Crippen LogP contribution is -2.00. The largest absolute Gasteiger partial charge is 0.381 e. The van der Waals surface area contributed by atoms with Gasteiger partial charge in [-0.15, -0.1) is 0 Å². The topological polar surface area (TPSA) is 81.5 Å². The Morgan fingerprint density at radius 2 is 2.12 bits per heavy atom. The van der Waals surface area contributed by atoms with Crippen molar-refractivity contribution in [2.24, 2.45) is 0 Å². The third-order valence-electron chi connectivity index (χ3n) is 3.98. The van der Waals surface area contributed by atoms with Gasteiger partial charge in [-0.05, 0) is 37.1 Å². The summed E-state index contributed by atoms with van der Waals surface area (Å²) in [5.41, 5.74) is 3.86. The number of hydrogen-bond donors (Lipinski definition) is 1. The quantitative estimate of drug-likeness (QED) is 0.548. The van der Waals surface area contributed by atoms with Crippen LogP contribution in [0.3, 0.4) is 0 Å². The number of benzene rings is 1. The van der Waals surface area contributed by atoms with E-state index in [1.54, 1.807) is 0 Å². The highest BCUT2D eigenvalue weighted by Crippen LogP contribution is 2.21. The molecular formula is C18H18N6O. The highest BCUT2D eigenvalue weighted by Gasteiger charge is 2.09. The first-order chi connectivity index (χ1) is 12.3. The Labute approximate surface area is 144 Å². The number of nitrogens with zero attached hydrogens (tertiary/aromatic N) is 5. The molecule has 1 N–H and O–H groups in total. The van der Waals surface area contributed by atoms with Crippen molar-refractivity contribution in [1.29, 1.82) is 0 Å². The van der Waals surface area contributed by atoms with E-state index in [0.29, 0.717) is 6.61 Å². The lowest BCUT2D eigenvalue weighted by atomic mass is 10.2. The van der Waals surface area contributed by atoms with E-state index < -0.39 is 0 Å². The number of fused-ring (bicyclic) bond motifs is 1. The molecular weight excluding hydrogens is 316 g/mol. The van der Waals surface area contributed by atoms with E-state index in [1.165, 1.54) is 6.33 Å². The number of H-pyrrole nitrogens is 1. The summed E-state index contributed by atoms with van der Waals surface area (Å²) in [4.78, 5) is 8.79. The van der Waals surface area contributed by atoms with Crippen LogP contribution in [0, 0.1) is 0 Å². The number of rotatable bonds is 6. The molecule has 0 amide bonds. The summed E-state index contributed by atoms with van der Waals surface area (Å²) in [6.07, 6.45) is 6.08. The molecule has 0 unspecified atom stereocenters. The lowest BCUT2D eigenvalue weighted by Gasteiger charge is -2.06. The first-order valence-corrected chi connectivity index (χ1v) is 8.21. The summed E-state index contributed by atoms with van der Waals surface area (Å²) >= 11 is 0. The summed E-state index contributed by atoms with van der Waals surface area (Å²) in [6.45, 7) is 3.44. The van der Waals surface area contributed by atoms with E-state index in [2.05, 4.69) is 31.3 Å². The van der Waals surface area contributed by atoms with Gasteiger partial charge in [0.2, 0.25) is 0 Å². The fourth-order valence-electron chi connectivity index (χ4n) is 2.76. The smallest absolute Gasteiger partial charge is 0.162 e. The Morgan fingerprint density at radius 3 is 2.96 bits per heavy atom. The van der Waals surface area contributed by atoms with Crippen molar-refractivity contribution in [1.82, 2.24) is 29.9 Å². The van der Waals surface area contributed by atoms with Crippen molar-refractivity contribution in [3.8, 4) is 17.1 Å². The second kappa shape index (κ2) is 6.82. The maximum absolute atomic E-state index is 5.41. The average Bonchev–Trinajstić information content (AvgIpc) is 3.32. The van der Waals surface area contributed by atoms with E-state index in [0.717, 1.165) is 46.7 Å². The molecule has 1 aromatic carbocycles. The number of hydrogen-bond acceptors (Lipinski definition) is 5. The maximum atomic E-state index is 5.41. The number of aromatic nitrogens is 6. The highest BCUT2D eigenvalue weighted by molar-refractivity contribution is 5.77. The van der Waals surface area contributed by atoms with Gasteiger partial charge in [0.05, 0.1) is 18.5 Å². The van der Waals surface area contributed by atoms with Gasteiger partial charge in [-0.3, -0.25) is 5.10 Å². The maximum Gasteiger partial charge on any atom is 0.162 e. The first kappa shape index (κ1) is 15.5. The average molecular weight is 334 g/mol. The SMILES string of the molecule is CCOCCc1cnc2c(cnn2-c2cccc(-c3ncn[nH]3)c2)c1. The molecule has 4 aromatic rings. The van der Waals surface area contributed by atoms with Gasteiger partial charge in [-0.25, -0.2) is 14.6 Å². The molecule has 25 heavy (non-hydrogen) atoms. The number of nitrogens with one attached hydrogen (secondary N) is 1. The predicted molar refractivity (Wildman–Crippen MR) is 94.4 cm³/mol. The molecule has 0 fully saturated rings. The summed E-state index contributed by atoms with van der Waals surface area (Å²) < 4.78 is 7.24. The molecule has 126 valence electrons. The fraction of sp³-hybridized carbons (Fsp3) is 0.222. The summed E-state index contributed by atoms with van der Waals surface area (Å²) in [5.74, 6) is 0.726. The van der Waals surface area contributed by atoms with Gasteiger partial charge in [-0.1, -0.05) is 12.1 Å². The highest BCUT2D eigenvalue weighted by atomic mass is 16.5. The van der Waals surface area contributed by atoms with E-state index in [9.17, 15) is 0 Å². The minimum Gasteiger partial charge on any atom is -0.381 e. The van der Waals surface area contributed by atoms with Crippen LogP contribution in [0.2, 0.25) is 0 Å². The number of pyridine rings is 1. The van der Waals surface area contributed by atoms with E-state index in [4.69, 9.17) is 4.74 Å². The molecule has 0 saturated heterocycles. The Morgan fingerprint density at radius 1 is 1.16 bits per heavy atom. The standard InChI is InChI=1S/C18H18N6O/c1-2-25-7-6-13-8-15-11-22-24(18(15)19-10-13)16-5-3-4-14(9-16)17-20-12-21-23-17/h3-5,8-12H,2,6-7H2,1H3,(H,20,21,23). The van der Waals surface area contributed by atoms with Crippen LogP contribution in [-0.4, -0.2) is 43.2 Å². The third-order valence-corrected chi connectivity index (χ3v) is 3.98. The van der Waals surface area contributed by atoms with E-state index >= 15 is 0 Å². The van der Waals surface area contributed by atoms with Crippen LogP contribution in [0.15, 0.2) is 49.1 Å². The molecule has 7 heteroatoms. The van der Waals surface area contributed by atoms with Gasteiger partial charge in [0.15, 0.2) is 11.5 Å². The molecule has 0 aliphatic carbocycles. The van der Waals surface area contributed by atoms with Crippen LogP contribution in [0.1, 0.15) is 12.5 Å². The molecule has 7 nitrogen and oxygen atoms in total. The Bertz CT molecular complexity index is 976. The normalized spacial score (nSPS) is 11.2. The molecule has 0 spiro atoms. The van der Waals surface area contributed by atoms with Crippen molar-refractivity contribution >= 4 is 11.0 Å². The third kappa shape index (κ3) is 3.14. The molecule has 0 bridgehead atoms. The molecule has 0 saturated carbocycles. The van der Waals surface area contributed by atoms with Gasteiger partial charge in [0.1, 0.15) is 6.33 Å². The zero-order valence-electron chi connectivity index (χ0n) is 13.9. The van der Waals surface area contributed by atoms with Crippen LogP contribution in [0.25, 0.3) is 28.1 Å². The lowest BCUT2D eigenvalue weighted by molar-refractivity contribution is 0.151. The van der Waals surface area contributed by atoms with Crippen LogP contribution < -0.4 is 0 Å². The Balaban J connectivity index is 1.67. The van der Waals surface area contributed by atoms with Crippen molar-refractivity contribution in [3.05, 3.63) is 54.6 Å². The van der Waals surface area contributed by atoms with Gasteiger partial charge in [0.25, 0.3) is 0 Å². The Hall–Kier alpha value is -3.06.